The predicted octanol–water partition coefficient (Wildman–Crippen LogP) is 1.70. The van der Waals surface area contributed by atoms with Crippen LogP contribution in [0.15, 0.2) is 17.2 Å². The number of likely N-dealkylation sites (tertiary alicyclic amines) is 1. The number of aryl methyl sites for hydroxylation is 1. The van der Waals surface area contributed by atoms with E-state index < -0.39 is 0 Å². The van der Waals surface area contributed by atoms with Gasteiger partial charge < -0.3 is 4.98 Å². The van der Waals surface area contributed by atoms with Gasteiger partial charge in [-0.15, -0.1) is 5.10 Å². The number of H-pyrrole nitrogens is 1. The quantitative estimate of drug-likeness (QED) is 0.666. The first kappa shape index (κ1) is 19.0. The molecule has 0 aromatic carbocycles. The highest BCUT2D eigenvalue weighted by atomic mass is 32.2. The standard InChI is InChI=1S/C18H24N8OS/c1-3-28-11-15-21-17-16(18(27)22-15)23-24-26(17)14-4-6-25(7-5-14)10-13-8-19-12(2)20-9-13/h8-9,14H,3-7,10-11H2,1-2H3,(H,21,22,27). The first-order valence-corrected chi connectivity index (χ1v) is 10.7. The van der Waals surface area contributed by atoms with E-state index in [1.807, 2.05) is 24.0 Å². The van der Waals surface area contributed by atoms with Crippen LogP contribution in [-0.4, -0.2) is 58.7 Å². The molecule has 1 aliphatic heterocycles. The van der Waals surface area contributed by atoms with Crippen LogP contribution in [0, 0.1) is 6.92 Å². The molecule has 1 saturated heterocycles. The molecule has 0 spiro atoms. The van der Waals surface area contributed by atoms with Crippen molar-refractivity contribution in [2.45, 2.75) is 45.0 Å². The van der Waals surface area contributed by atoms with Gasteiger partial charge in [0, 0.05) is 37.6 Å². The van der Waals surface area contributed by atoms with E-state index in [1.165, 1.54) is 0 Å². The third-order valence-electron chi connectivity index (χ3n) is 4.97. The van der Waals surface area contributed by atoms with E-state index in [0.29, 0.717) is 22.7 Å². The van der Waals surface area contributed by atoms with Gasteiger partial charge in [0.05, 0.1) is 11.8 Å². The van der Waals surface area contributed by atoms with Gasteiger partial charge in [0.15, 0.2) is 11.2 Å². The number of nitrogens with zero attached hydrogens (tertiary/aromatic N) is 7. The van der Waals surface area contributed by atoms with Gasteiger partial charge in [0.25, 0.3) is 5.56 Å². The minimum atomic E-state index is -0.209. The molecule has 9 nitrogen and oxygen atoms in total. The van der Waals surface area contributed by atoms with Crippen molar-refractivity contribution in [2.75, 3.05) is 18.8 Å². The Morgan fingerprint density at radius 3 is 2.71 bits per heavy atom. The van der Waals surface area contributed by atoms with Gasteiger partial charge in [-0.2, -0.15) is 11.8 Å². The van der Waals surface area contributed by atoms with Crippen molar-refractivity contribution in [3.8, 4) is 0 Å². The van der Waals surface area contributed by atoms with Gasteiger partial charge in [0.1, 0.15) is 11.6 Å². The Morgan fingerprint density at radius 1 is 1.25 bits per heavy atom. The smallest absolute Gasteiger partial charge is 0.281 e. The highest BCUT2D eigenvalue weighted by Crippen LogP contribution is 2.25. The van der Waals surface area contributed by atoms with Crippen molar-refractivity contribution in [1.29, 1.82) is 0 Å². The molecule has 0 radical (unpaired) electrons. The number of nitrogens with one attached hydrogen (secondary N) is 1. The second-order valence-corrected chi connectivity index (χ2v) is 8.28. The molecule has 0 saturated carbocycles. The number of piperidine rings is 1. The Bertz CT molecular complexity index is 991. The van der Waals surface area contributed by atoms with Crippen LogP contribution in [0.3, 0.4) is 0 Å². The fraction of sp³-hybridized carbons (Fsp3) is 0.556. The summed E-state index contributed by atoms with van der Waals surface area (Å²) in [5, 5.41) is 8.34. The molecule has 0 atom stereocenters. The van der Waals surface area contributed by atoms with E-state index in [9.17, 15) is 4.79 Å². The lowest BCUT2D eigenvalue weighted by Gasteiger charge is -2.31. The summed E-state index contributed by atoms with van der Waals surface area (Å²) >= 11 is 1.72. The summed E-state index contributed by atoms with van der Waals surface area (Å²) in [4.78, 5) is 30.7. The van der Waals surface area contributed by atoms with Crippen LogP contribution in [0.4, 0.5) is 0 Å². The molecular formula is C18H24N8OS. The van der Waals surface area contributed by atoms with E-state index in [4.69, 9.17) is 0 Å². The number of hydrogen-bond acceptors (Lipinski definition) is 8. The molecule has 1 aliphatic rings. The molecule has 0 bridgehead atoms. The summed E-state index contributed by atoms with van der Waals surface area (Å²) in [5.74, 6) is 3.14. The monoisotopic (exact) mass is 400 g/mol. The zero-order chi connectivity index (χ0) is 19.5. The average Bonchev–Trinajstić information content (AvgIpc) is 3.13. The van der Waals surface area contributed by atoms with E-state index in [2.05, 4.69) is 42.1 Å². The molecular weight excluding hydrogens is 376 g/mol. The molecule has 28 heavy (non-hydrogen) atoms. The molecule has 4 heterocycles. The summed E-state index contributed by atoms with van der Waals surface area (Å²) in [5.41, 5.74) is 1.84. The van der Waals surface area contributed by atoms with Crippen LogP contribution < -0.4 is 5.56 Å². The lowest BCUT2D eigenvalue weighted by Crippen LogP contribution is -2.34. The number of thioether (sulfide) groups is 1. The third kappa shape index (κ3) is 4.07. The minimum Gasteiger partial charge on any atom is -0.308 e. The summed E-state index contributed by atoms with van der Waals surface area (Å²) in [7, 11) is 0. The SMILES string of the molecule is CCSCc1nc2c(nnn2C2CCN(Cc3cnc(C)nc3)CC2)c(=O)[nH]1. The molecule has 0 amide bonds. The summed E-state index contributed by atoms with van der Waals surface area (Å²) in [6.45, 7) is 6.72. The molecule has 3 aromatic heterocycles. The summed E-state index contributed by atoms with van der Waals surface area (Å²) in [6.07, 6.45) is 5.67. The fourth-order valence-electron chi connectivity index (χ4n) is 3.48. The van der Waals surface area contributed by atoms with Gasteiger partial charge >= 0.3 is 0 Å². The van der Waals surface area contributed by atoms with Crippen LogP contribution in [0.25, 0.3) is 11.2 Å². The number of rotatable bonds is 6. The Balaban J connectivity index is 1.46. The first-order valence-electron chi connectivity index (χ1n) is 9.55. The molecule has 148 valence electrons. The second kappa shape index (κ2) is 8.36. The highest BCUT2D eigenvalue weighted by molar-refractivity contribution is 7.98. The van der Waals surface area contributed by atoms with Crippen LogP contribution in [0.1, 0.15) is 43.0 Å². The second-order valence-electron chi connectivity index (χ2n) is 7.00. The van der Waals surface area contributed by atoms with Crippen molar-refractivity contribution in [3.05, 3.63) is 40.0 Å². The molecule has 4 rings (SSSR count). The van der Waals surface area contributed by atoms with Crippen LogP contribution in [0.5, 0.6) is 0 Å². The van der Waals surface area contributed by atoms with E-state index in [1.54, 1.807) is 11.8 Å². The Morgan fingerprint density at radius 2 is 2.00 bits per heavy atom. The number of fused-ring (bicyclic) bond motifs is 1. The Kier molecular flexibility index (Phi) is 5.67. The maximum absolute atomic E-state index is 12.3. The largest absolute Gasteiger partial charge is 0.308 e. The van der Waals surface area contributed by atoms with E-state index in [-0.39, 0.29) is 11.6 Å². The van der Waals surface area contributed by atoms with Crippen molar-refractivity contribution in [2.24, 2.45) is 0 Å². The summed E-state index contributed by atoms with van der Waals surface area (Å²) < 4.78 is 1.84. The fourth-order valence-corrected chi connectivity index (χ4v) is 4.01. The summed E-state index contributed by atoms with van der Waals surface area (Å²) in [6, 6.07) is 0.205. The molecule has 3 aromatic rings. The van der Waals surface area contributed by atoms with Crippen molar-refractivity contribution in [1.82, 2.24) is 39.8 Å². The maximum Gasteiger partial charge on any atom is 0.281 e. The molecule has 0 unspecified atom stereocenters. The van der Waals surface area contributed by atoms with Gasteiger partial charge in [-0.05, 0) is 25.5 Å². The Labute approximate surface area is 167 Å². The van der Waals surface area contributed by atoms with Gasteiger partial charge in [-0.1, -0.05) is 12.1 Å². The zero-order valence-corrected chi connectivity index (χ0v) is 16.9. The van der Waals surface area contributed by atoms with E-state index in [0.717, 1.165) is 49.6 Å². The first-order chi connectivity index (χ1) is 13.6. The van der Waals surface area contributed by atoms with Crippen molar-refractivity contribution in [3.63, 3.8) is 0 Å². The lowest BCUT2D eigenvalue weighted by atomic mass is 10.0. The van der Waals surface area contributed by atoms with Crippen LogP contribution in [0.2, 0.25) is 0 Å². The number of aromatic amines is 1. The van der Waals surface area contributed by atoms with Gasteiger partial charge in [-0.3, -0.25) is 9.69 Å². The highest BCUT2D eigenvalue weighted by Gasteiger charge is 2.24. The molecule has 1 N–H and O–H groups in total. The zero-order valence-electron chi connectivity index (χ0n) is 16.1. The maximum atomic E-state index is 12.3. The Hall–Kier alpha value is -2.33. The minimum absolute atomic E-state index is 0.205. The van der Waals surface area contributed by atoms with E-state index >= 15 is 0 Å². The molecule has 0 aliphatic carbocycles. The molecule has 1 fully saturated rings. The number of aromatic nitrogens is 7. The van der Waals surface area contributed by atoms with Gasteiger partial charge in [-0.25, -0.2) is 19.6 Å². The van der Waals surface area contributed by atoms with Crippen molar-refractivity contribution < 1.29 is 0 Å². The van der Waals surface area contributed by atoms with Crippen molar-refractivity contribution >= 4 is 22.9 Å². The topological polar surface area (TPSA) is 105 Å². The van der Waals surface area contributed by atoms with Crippen LogP contribution in [-0.2, 0) is 12.3 Å². The normalized spacial score (nSPS) is 16.1. The van der Waals surface area contributed by atoms with Crippen LogP contribution >= 0.6 is 11.8 Å². The lowest BCUT2D eigenvalue weighted by molar-refractivity contribution is 0.173. The number of hydrogen-bond donors (Lipinski definition) is 1. The van der Waals surface area contributed by atoms with Gasteiger partial charge in [0.2, 0.25) is 0 Å². The third-order valence-corrected chi connectivity index (χ3v) is 5.86. The predicted molar refractivity (Wildman–Crippen MR) is 108 cm³/mol. The molecule has 10 heteroatoms. The average molecular weight is 401 g/mol.